The maximum Gasteiger partial charge on any atom is 0.338 e. The minimum atomic E-state index is -1.35. The number of hydrogen-bond donors (Lipinski definition) is 1. The van der Waals surface area contributed by atoms with Gasteiger partial charge in [-0.05, 0) is 73.9 Å². The molecule has 0 bridgehead atoms. The van der Waals surface area contributed by atoms with Gasteiger partial charge >= 0.3 is 5.97 Å². The fourth-order valence-corrected chi connectivity index (χ4v) is 5.36. The predicted octanol–water partition coefficient (Wildman–Crippen LogP) is 6.99. The van der Waals surface area contributed by atoms with E-state index >= 15 is 0 Å². The summed E-state index contributed by atoms with van der Waals surface area (Å²) in [4.78, 5) is 44.1. The Morgan fingerprint density at radius 2 is 1.69 bits per heavy atom. The lowest BCUT2D eigenvalue weighted by molar-refractivity contribution is 0.0691. The molecule has 3 aromatic carbocycles. The molecule has 0 aliphatic carbocycles. The van der Waals surface area contributed by atoms with Crippen LogP contribution in [0, 0.1) is 13.8 Å². The van der Waals surface area contributed by atoms with Crippen LogP contribution < -0.4 is 5.56 Å². The number of aryl methyl sites for hydroxylation is 3. The van der Waals surface area contributed by atoms with E-state index in [1.165, 1.54) is 16.7 Å². The molecule has 0 aliphatic heterocycles. The summed E-state index contributed by atoms with van der Waals surface area (Å²) in [6, 6.07) is 13.7. The molecule has 198 valence electrons. The molecule has 2 heterocycles. The van der Waals surface area contributed by atoms with Gasteiger partial charge in [0.25, 0.3) is 11.5 Å². The predicted molar refractivity (Wildman–Crippen MR) is 154 cm³/mol. The van der Waals surface area contributed by atoms with Gasteiger partial charge < -0.3 is 5.11 Å². The number of fused-ring (bicyclic) bond motifs is 2. The van der Waals surface area contributed by atoms with Gasteiger partial charge in [-0.3, -0.25) is 18.7 Å². The van der Waals surface area contributed by atoms with Gasteiger partial charge in [0.15, 0.2) is 0 Å². The Kier molecular flexibility index (Phi) is 7.05. The minimum Gasteiger partial charge on any atom is -0.478 e. The van der Waals surface area contributed by atoms with E-state index in [0.29, 0.717) is 39.7 Å². The van der Waals surface area contributed by atoms with Crippen molar-refractivity contribution in [2.45, 2.75) is 40.0 Å². The van der Waals surface area contributed by atoms with Crippen molar-refractivity contribution in [2.24, 2.45) is 0 Å². The van der Waals surface area contributed by atoms with Crippen LogP contribution in [0.4, 0.5) is 0 Å². The first-order valence-electron chi connectivity index (χ1n) is 12.5. The van der Waals surface area contributed by atoms with Gasteiger partial charge in [-0.1, -0.05) is 42.6 Å². The Labute approximate surface area is 234 Å². The minimum absolute atomic E-state index is 0.0136. The second-order valence-electron chi connectivity index (χ2n) is 9.49. The number of carboxylic acid groups (broad SMARTS) is 1. The van der Waals surface area contributed by atoms with Gasteiger partial charge in [-0.15, -0.1) is 0 Å². The molecule has 0 unspecified atom stereocenters. The van der Waals surface area contributed by atoms with E-state index in [4.69, 9.17) is 28.2 Å². The molecule has 39 heavy (non-hydrogen) atoms. The standard InChI is InChI=1S/C30H25Cl2N3O4/c1-4-5-6-24-33-22-11-7-16(2)17(3)25(22)29(37)35(24)19-8-12-23-18(15-19)13-14-34(23)28(36)26-20(31)9-10-21(32)27(26)30(38)39/h7-15H,4-6H2,1-3H3,(H,38,39). The van der Waals surface area contributed by atoms with Crippen LogP contribution in [0.25, 0.3) is 27.5 Å². The van der Waals surface area contributed by atoms with Gasteiger partial charge in [-0.25, -0.2) is 9.78 Å². The van der Waals surface area contributed by atoms with E-state index in [9.17, 15) is 19.5 Å². The van der Waals surface area contributed by atoms with Crippen LogP contribution >= 0.6 is 23.2 Å². The first-order valence-corrected chi connectivity index (χ1v) is 13.3. The second kappa shape index (κ2) is 10.3. The van der Waals surface area contributed by atoms with Crippen LogP contribution in [0.2, 0.25) is 10.0 Å². The van der Waals surface area contributed by atoms with Crippen molar-refractivity contribution >= 4 is 56.9 Å². The highest BCUT2D eigenvalue weighted by Gasteiger charge is 2.25. The van der Waals surface area contributed by atoms with E-state index < -0.39 is 11.9 Å². The molecule has 9 heteroatoms. The van der Waals surface area contributed by atoms with Crippen molar-refractivity contribution in [1.29, 1.82) is 0 Å². The first-order chi connectivity index (χ1) is 18.6. The third kappa shape index (κ3) is 4.51. The topological polar surface area (TPSA) is 94.2 Å². The average molecular weight is 562 g/mol. The Balaban J connectivity index is 1.69. The van der Waals surface area contributed by atoms with Crippen molar-refractivity contribution in [1.82, 2.24) is 14.1 Å². The summed E-state index contributed by atoms with van der Waals surface area (Å²) in [7, 11) is 0. The molecule has 0 atom stereocenters. The zero-order valence-corrected chi connectivity index (χ0v) is 23.1. The monoisotopic (exact) mass is 561 g/mol. The van der Waals surface area contributed by atoms with E-state index in [1.807, 2.05) is 32.0 Å². The summed E-state index contributed by atoms with van der Waals surface area (Å²) >= 11 is 12.4. The normalized spacial score (nSPS) is 11.4. The van der Waals surface area contributed by atoms with Gasteiger partial charge in [0.1, 0.15) is 5.82 Å². The Bertz CT molecular complexity index is 1870. The highest BCUT2D eigenvalue weighted by atomic mass is 35.5. The van der Waals surface area contributed by atoms with Gasteiger partial charge in [-0.2, -0.15) is 0 Å². The third-order valence-corrected chi connectivity index (χ3v) is 7.70. The number of carbonyl (C=O) groups excluding carboxylic acids is 1. The van der Waals surface area contributed by atoms with Crippen molar-refractivity contribution in [3.63, 3.8) is 0 Å². The number of aromatic carboxylic acids is 1. The van der Waals surface area contributed by atoms with Crippen LogP contribution in [-0.4, -0.2) is 31.1 Å². The van der Waals surface area contributed by atoms with Crippen molar-refractivity contribution in [3.05, 3.63) is 103 Å². The molecule has 0 amide bonds. The maximum atomic E-state index is 13.9. The van der Waals surface area contributed by atoms with Crippen LogP contribution in [0.1, 0.15) is 57.4 Å². The first kappa shape index (κ1) is 26.7. The summed E-state index contributed by atoms with van der Waals surface area (Å²) in [6.07, 6.45) is 4.02. The van der Waals surface area contributed by atoms with E-state index in [0.717, 1.165) is 24.0 Å². The number of unbranched alkanes of at least 4 members (excludes halogenated alkanes) is 1. The summed E-state index contributed by atoms with van der Waals surface area (Å²) in [5.41, 5.74) is 3.06. The van der Waals surface area contributed by atoms with Crippen molar-refractivity contribution < 1.29 is 14.7 Å². The van der Waals surface area contributed by atoms with Crippen LogP contribution in [0.3, 0.4) is 0 Å². The molecule has 7 nitrogen and oxygen atoms in total. The summed E-state index contributed by atoms with van der Waals surface area (Å²) in [5.74, 6) is -1.30. The third-order valence-electron chi connectivity index (χ3n) is 7.07. The summed E-state index contributed by atoms with van der Waals surface area (Å²) in [6.45, 7) is 5.99. The van der Waals surface area contributed by atoms with Gasteiger partial charge in [0.05, 0.1) is 43.3 Å². The number of aromatic nitrogens is 3. The van der Waals surface area contributed by atoms with E-state index in [2.05, 4.69) is 6.92 Å². The molecule has 5 rings (SSSR count). The highest BCUT2D eigenvalue weighted by Crippen LogP contribution is 2.30. The number of nitrogens with zero attached hydrogens (tertiary/aromatic N) is 3. The lowest BCUT2D eigenvalue weighted by Gasteiger charge is -2.16. The molecule has 1 N–H and O–H groups in total. The number of rotatable bonds is 6. The fraction of sp³-hybridized carbons (Fsp3) is 0.200. The molecule has 0 saturated carbocycles. The number of carbonyl (C=O) groups is 2. The van der Waals surface area contributed by atoms with Crippen LogP contribution in [0.15, 0.2) is 59.5 Å². The van der Waals surface area contributed by atoms with Gasteiger partial charge in [0.2, 0.25) is 0 Å². The molecular formula is C30H25Cl2N3O4. The second-order valence-corrected chi connectivity index (χ2v) is 10.3. The van der Waals surface area contributed by atoms with E-state index in [-0.39, 0.29) is 26.7 Å². The molecule has 0 spiro atoms. The molecular weight excluding hydrogens is 537 g/mol. The zero-order valence-electron chi connectivity index (χ0n) is 21.6. The average Bonchev–Trinajstić information content (AvgIpc) is 3.33. The SMILES string of the molecule is CCCCc1nc2ccc(C)c(C)c2c(=O)n1-c1ccc2c(ccn2C(=O)c2c(Cl)ccc(Cl)c2C(=O)O)c1. The van der Waals surface area contributed by atoms with Gasteiger partial charge in [0, 0.05) is 18.0 Å². The Morgan fingerprint density at radius 3 is 2.38 bits per heavy atom. The largest absolute Gasteiger partial charge is 0.478 e. The highest BCUT2D eigenvalue weighted by molar-refractivity contribution is 6.39. The lowest BCUT2D eigenvalue weighted by Crippen LogP contribution is -2.25. The number of halogens is 2. The molecule has 2 aromatic heterocycles. The number of hydrogen-bond acceptors (Lipinski definition) is 4. The maximum absolute atomic E-state index is 13.9. The Hall–Kier alpha value is -3.94. The smallest absolute Gasteiger partial charge is 0.338 e. The van der Waals surface area contributed by atoms with Crippen LogP contribution in [-0.2, 0) is 6.42 Å². The molecule has 0 saturated heterocycles. The molecule has 0 aliphatic rings. The van der Waals surface area contributed by atoms with E-state index in [1.54, 1.807) is 29.0 Å². The van der Waals surface area contributed by atoms with Crippen molar-refractivity contribution in [2.75, 3.05) is 0 Å². The van der Waals surface area contributed by atoms with Crippen molar-refractivity contribution in [3.8, 4) is 5.69 Å². The molecule has 0 fully saturated rings. The summed E-state index contributed by atoms with van der Waals surface area (Å²) in [5, 5.41) is 10.8. The quantitative estimate of drug-likeness (QED) is 0.241. The summed E-state index contributed by atoms with van der Waals surface area (Å²) < 4.78 is 2.98. The molecule has 0 radical (unpaired) electrons. The number of carboxylic acids is 1. The molecule has 5 aromatic rings. The number of benzene rings is 3. The van der Waals surface area contributed by atoms with Crippen LogP contribution in [0.5, 0.6) is 0 Å². The zero-order chi connectivity index (χ0) is 28.0. The lowest BCUT2D eigenvalue weighted by atomic mass is 10.0. The fourth-order valence-electron chi connectivity index (χ4n) is 4.89. The Morgan fingerprint density at radius 1 is 0.974 bits per heavy atom.